The van der Waals surface area contributed by atoms with Gasteiger partial charge in [-0.3, -0.25) is 4.79 Å². The first-order valence-corrected chi connectivity index (χ1v) is 6.77. The quantitative estimate of drug-likeness (QED) is 0.902. The molecular formula is C15H20N2O3. The minimum Gasteiger partial charge on any atom is -0.480 e. The number of hydrogen-bond donors (Lipinski definition) is 1. The van der Waals surface area contributed by atoms with Gasteiger partial charge in [0.25, 0.3) is 0 Å². The van der Waals surface area contributed by atoms with E-state index in [1.54, 1.807) is 0 Å². The molecule has 1 saturated heterocycles. The maximum Gasteiger partial charge on any atom is 0.326 e. The van der Waals surface area contributed by atoms with Gasteiger partial charge in [-0.25, -0.2) is 4.79 Å². The maximum absolute atomic E-state index is 12.2. The van der Waals surface area contributed by atoms with Crippen molar-refractivity contribution in [3.8, 4) is 0 Å². The van der Waals surface area contributed by atoms with E-state index in [1.807, 2.05) is 43.3 Å². The predicted octanol–water partition coefficient (Wildman–Crippen LogP) is 1.37. The van der Waals surface area contributed by atoms with Crippen LogP contribution in [0.2, 0.25) is 0 Å². The van der Waals surface area contributed by atoms with Gasteiger partial charge >= 0.3 is 5.97 Å². The minimum absolute atomic E-state index is 0.104. The largest absolute Gasteiger partial charge is 0.480 e. The molecule has 1 aromatic carbocycles. The van der Waals surface area contributed by atoms with Crippen LogP contribution in [-0.4, -0.2) is 48.6 Å². The Balaban J connectivity index is 2.02. The summed E-state index contributed by atoms with van der Waals surface area (Å²) in [6, 6.07) is 7.10. The number of amides is 1. The summed E-state index contributed by atoms with van der Waals surface area (Å²) in [6.07, 6.45) is 1.58. The summed E-state index contributed by atoms with van der Waals surface area (Å²) in [6.45, 7) is 0.547. The number of carboxylic acid groups (broad SMARTS) is 1. The van der Waals surface area contributed by atoms with Gasteiger partial charge in [0.2, 0.25) is 5.91 Å². The summed E-state index contributed by atoms with van der Waals surface area (Å²) in [4.78, 5) is 26.8. The first-order chi connectivity index (χ1) is 9.49. The Hall–Kier alpha value is -2.04. The third-order valence-electron chi connectivity index (χ3n) is 3.67. The lowest BCUT2D eigenvalue weighted by Gasteiger charge is -2.21. The van der Waals surface area contributed by atoms with E-state index < -0.39 is 12.0 Å². The fourth-order valence-electron chi connectivity index (χ4n) is 2.51. The van der Waals surface area contributed by atoms with Gasteiger partial charge in [0.05, 0.1) is 6.42 Å². The summed E-state index contributed by atoms with van der Waals surface area (Å²) in [7, 11) is 3.92. The van der Waals surface area contributed by atoms with Crippen LogP contribution in [0.4, 0.5) is 5.69 Å². The zero-order valence-corrected chi connectivity index (χ0v) is 11.9. The number of anilines is 1. The van der Waals surface area contributed by atoms with Crippen LogP contribution in [0.1, 0.15) is 18.4 Å². The van der Waals surface area contributed by atoms with Gasteiger partial charge in [-0.2, -0.15) is 0 Å². The number of carboxylic acids is 1. The van der Waals surface area contributed by atoms with E-state index in [9.17, 15) is 9.59 Å². The number of rotatable bonds is 4. The molecule has 1 aliphatic rings. The van der Waals surface area contributed by atoms with Gasteiger partial charge < -0.3 is 14.9 Å². The number of aliphatic carboxylic acids is 1. The van der Waals surface area contributed by atoms with Crippen molar-refractivity contribution in [2.45, 2.75) is 25.3 Å². The molecule has 0 aliphatic carbocycles. The fraction of sp³-hybridized carbons (Fsp3) is 0.467. The van der Waals surface area contributed by atoms with Crippen molar-refractivity contribution in [1.82, 2.24) is 4.90 Å². The molecule has 2 rings (SSSR count). The second-order valence-electron chi connectivity index (χ2n) is 5.32. The fourth-order valence-corrected chi connectivity index (χ4v) is 2.51. The molecule has 0 unspecified atom stereocenters. The lowest BCUT2D eigenvalue weighted by Crippen LogP contribution is -2.41. The van der Waals surface area contributed by atoms with Crippen LogP contribution >= 0.6 is 0 Å². The maximum atomic E-state index is 12.2. The molecule has 1 aliphatic heterocycles. The van der Waals surface area contributed by atoms with Crippen LogP contribution in [0.5, 0.6) is 0 Å². The summed E-state index contributed by atoms with van der Waals surface area (Å²) < 4.78 is 0. The van der Waals surface area contributed by atoms with Gasteiger partial charge in [0.15, 0.2) is 0 Å². The lowest BCUT2D eigenvalue weighted by atomic mass is 10.1. The Labute approximate surface area is 118 Å². The van der Waals surface area contributed by atoms with Crippen molar-refractivity contribution in [3.05, 3.63) is 29.8 Å². The summed E-state index contributed by atoms with van der Waals surface area (Å²) in [5.41, 5.74) is 1.99. The van der Waals surface area contributed by atoms with Crippen LogP contribution in [0, 0.1) is 0 Å². The summed E-state index contributed by atoms with van der Waals surface area (Å²) in [5, 5.41) is 9.10. The average Bonchev–Trinajstić information content (AvgIpc) is 2.88. The van der Waals surface area contributed by atoms with Crippen molar-refractivity contribution in [3.63, 3.8) is 0 Å². The number of carbonyl (C=O) groups is 2. The molecule has 0 spiro atoms. The Morgan fingerprint density at radius 1 is 1.30 bits per heavy atom. The van der Waals surface area contributed by atoms with Crippen molar-refractivity contribution in [2.24, 2.45) is 0 Å². The molecule has 1 heterocycles. The van der Waals surface area contributed by atoms with E-state index in [0.29, 0.717) is 13.0 Å². The van der Waals surface area contributed by atoms with Gasteiger partial charge in [-0.05, 0) is 30.5 Å². The summed E-state index contributed by atoms with van der Waals surface area (Å²) in [5.74, 6) is -1.01. The highest BCUT2D eigenvalue weighted by molar-refractivity contribution is 5.85. The Morgan fingerprint density at radius 3 is 2.50 bits per heavy atom. The molecule has 5 heteroatoms. The second kappa shape index (κ2) is 5.94. The zero-order chi connectivity index (χ0) is 14.7. The second-order valence-corrected chi connectivity index (χ2v) is 5.32. The number of likely N-dealkylation sites (tertiary alicyclic amines) is 1. The number of carbonyl (C=O) groups excluding carboxylic acids is 1. The van der Waals surface area contributed by atoms with E-state index in [0.717, 1.165) is 17.7 Å². The van der Waals surface area contributed by atoms with Crippen LogP contribution in [-0.2, 0) is 16.0 Å². The number of hydrogen-bond acceptors (Lipinski definition) is 3. The number of nitrogens with zero attached hydrogens (tertiary/aromatic N) is 2. The highest BCUT2D eigenvalue weighted by Gasteiger charge is 2.33. The molecule has 1 aromatic rings. The highest BCUT2D eigenvalue weighted by Crippen LogP contribution is 2.19. The minimum atomic E-state index is -0.904. The van der Waals surface area contributed by atoms with E-state index >= 15 is 0 Å². The zero-order valence-electron chi connectivity index (χ0n) is 11.9. The van der Waals surface area contributed by atoms with Gasteiger partial charge in [0, 0.05) is 26.3 Å². The monoisotopic (exact) mass is 276 g/mol. The molecule has 5 nitrogen and oxygen atoms in total. The standard InChI is InChI=1S/C15H20N2O3/c1-16(2)12-7-5-11(6-8-12)10-14(18)17-9-3-4-13(17)15(19)20/h5-8,13H,3-4,9-10H2,1-2H3,(H,19,20)/t13-/m0/s1. The lowest BCUT2D eigenvalue weighted by molar-refractivity contribution is -0.148. The molecule has 1 amide bonds. The van der Waals surface area contributed by atoms with E-state index in [1.165, 1.54) is 4.90 Å². The first-order valence-electron chi connectivity index (χ1n) is 6.77. The normalized spacial score (nSPS) is 18.1. The predicted molar refractivity (Wildman–Crippen MR) is 76.8 cm³/mol. The van der Waals surface area contributed by atoms with E-state index in [-0.39, 0.29) is 12.3 Å². The third-order valence-corrected chi connectivity index (χ3v) is 3.67. The third kappa shape index (κ3) is 3.10. The molecule has 1 fully saturated rings. The molecular weight excluding hydrogens is 256 g/mol. The molecule has 0 aromatic heterocycles. The highest BCUT2D eigenvalue weighted by atomic mass is 16.4. The Kier molecular flexibility index (Phi) is 4.27. The molecule has 1 N–H and O–H groups in total. The van der Waals surface area contributed by atoms with Gasteiger partial charge in [-0.1, -0.05) is 12.1 Å². The van der Waals surface area contributed by atoms with Gasteiger partial charge in [0.1, 0.15) is 6.04 Å². The SMILES string of the molecule is CN(C)c1ccc(CC(=O)N2CCC[C@H]2C(=O)O)cc1. The van der Waals surface area contributed by atoms with E-state index in [4.69, 9.17) is 5.11 Å². The van der Waals surface area contributed by atoms with Crippen molar-refractivity contribution in [2.75, 3.05) is 25.5 Å². The molecule has 0 radical (unpaired) electrons. The van der Waals surface area contributed by atoms with Crippen LogP contribution < -0.4 is 4.90 Å². The molecule has 0 bridgehead atoms. The molecule has 0 saturated carbocycles. The van der Waals surface area contributed by atoms with Crippen LogP contribution in [0.25, 0.3) is 0 Å². The smallest absolute Gasteiger partial charge is 0.326 e. The average molecular weight is 276 g/mol. The van der Waals surface area contributed by atoms with Crippen molar-refractivity contribution in [1.29, 1.82) is 0 Å². The molecule has 1 atom stereocenters. The summed E-state index contributed by atoms with van der Waals surface area (Å²) >= 11 is 0. The van der Waals surface area contributed by atoms with E-state index in [2.05, 4.69) is 0 Å². The van der Waals surface area contributed by atoms with Crippen LogP contribution in [0.3, 0.4) is 0 Å². The molecule has 108 valence electrons. The topological polar surface area (TPSA) is 60.9 Å². The van der Waals surface area contributed by atoms with Crippen LogP contribution in [0.15, 0.2) is 24.3 Å². The van der Waals surface area contributed by atoms with Crippen molar-refractivity contribution >= 4 is 17.6 Å². The van der Waals surface area contributed by atoms with Crippen molar-refractivity contribution < 1.29 is 14.7 Å². The Morgan fingerprint density at radius 2 is 1.95 bits per heavy atom. The molecule has 20 heavy (non-hydrogen) atoms. The first kappa shape index (κ1) is 14.4. The van der Waals surface area contributed by atoms with Gasteiger partial charge in [-0.15, -0.1) is 0 Å². The number of benzene rings is 1. The Bertz CT molecular complexity index is 496.